The molecule has 2 fully saturated rings. The Labute approximate surface area is 93.0 Å². The van der Waals surface area contributed by atoms with Crippen LogP contribution in [0.25, 0.3) is 0 Å². The van der Waals surface area contributed by atoms with E-state index in [1.54, 1.807) is 0 Å². The topological polar surface area (TPSA) is 33.3 Å². The molecular weight excluding hydrogens is 188 g/mol. The Bertz CT molecular complexity index is 196. The summed E-state index contributed by atoms with van der Waals surface area (Å²) in [6, 6.07) is 0. The van der Waals surface area contributed by atoms with E-state index in [-0.39, 0.29) is 0 Å². The zero-order valence-electron chi connectivity index (χ0n) is 10.0. The molecule has 1 unspecified atom stereocenters. The van der Waals surface area contributed by atoms with Crippen LogP contribution < -0.4 is 10.6 Å². The van der Waals surface area contributed by atoms with Gasteiger partial charge in [-0.2, -0.15) is 0 Å². The van der Waals surface area contributed by atoms with Gasteiger partial charge in [0.05, 0.1) is 12.7 Å². The third kappa shape index (κ3) is 2.92. The van der Waals surface area contributed by atoms with Crippen LogP contribution in [0, 0.1) is 11.3 Å². The standard InChI is InChI=1S/C12H24N2O/c1-10(2)12(3-4-12)9-14-8-11-7-13-5-6-15-11/h10-11,13-14H,3-9H2,1-2H3. The predicted molar refractivity (Wildman–Crippen MR) is 62.0 cm³/mol. The molecule has 2 N–H and O–H groups in total. The second-order valence-electron chi connectivity index (χ2n) is 5.34. The van der Waals surface area contributed by atoms with Gasteiger partial charge in [-0.1, -0.05) is 13.8 Å². The minimum absolute atomic E-state index is 0.377. The van der Waals surface area contributed by atoms with Gasteiger partial charge in [0.1, 0.15) is 0 Å². The molecule has 0 amide bonds. The summed E-state index contributed by atoms with van der Waals surface area (Å²) in [6.45, 7) is 9.72. The van der Waals surface area contributed by atoms with E-state index in [1.165, 1.54) is 19.4 Å². The zero-order chi connectivity index (χ0) is 10.7. The van der Waals surface area contributed by atoms with Crippen LogP contribution in [0.15, 0.2) is 0 Å². The van der Waals surface area contributed by atoms with Crippen molar-refractivity contribution in [1.29, 1.82) is 0 Å². The highest BCUT2D eigenvalue weighted by molar-refractivity contribution is 4.97. The van der Waals surface area contributed by atoms with Crippen molar-refractivity contribution in [2.45, 2.75) is 32.8 Å². The Morgan fingerprint density at radius 3 is 2.80 bits per heavy atom. The van der Waals surface area contributed by atoms with Crippen molar-refractivity contribution in [2.75, 3.05) is 32.8 Å². The number of morpholine rings is 1. The van der Waals surface area contributed by atoms with Gasteiger partial charge in [-0.25, -0.2) is 0 Å². The molecule has 15 heavy (non-hydrogen) atoms. The number of nitrogens with one attached hydrogen (secondary N) is 2. The van der Waals surface area contributed by atoms with Crippen molar-refractivity contribution in [3.63, 3.8) is 0 Å². The molecule has 0 bridgehead atoms. The lowest BCUT2D eigenvalue weighted by Crippen LogP contribution is -2.45. The summed E-state index contributed by atoms with van der Waals surface area (Å²) in [5.41, 5.74) is 0.613. The summed E-state index contributed by atoms with van der Waals surface area (Å²) in [5, 5.41) is 6.93. The Balaban J connectivity index is 1.62. The fraction of sp³-hybridized carbons (Fsp3) is 1.00. The van der Waals surface area contributed by atoms with E-state index >= 15 is 0 Å². The van der Waals surface area contributed by atoms with Crippen LogP contribution >= 0.6 is 0 Å². The molecule has 1 aliphatic carbocycles. The molecular formula is C12H24N2O. The lowest BCUT2D eigenvalue weighted by Gasteiger charge is -2.26. The first-order valence-electron chi connectivity index (χ1n) is 6.26. The van der Waals surface area contributed by atoms with E-state index in [9.17, 15) is 0 Å². The number of hydrogen-bond acceptors (Lipinski definition) is 3. The van der Waals surface area contributed by atoms with Crippen molar-refractivity contribution in [3.05, 3.63) is 0 Å². The molecule has 1 heterocycles. The van der Waals surface area contributed by atoms with Crippen molar-refractivity contribution in [3.8, 4) is 0 Å². The fourth-order valence-corrected chi connectivity index (χ4v) is 2.35. The number of rotatable bonds is 5. The summed E-state index contributed by atoms with van der Waals surface area (Å²) in [7, 11) is 0. The Kier molecular flexibility index (Phi) is 3.65. The number of hydrogen-bond donors (Lipinski definition) is 2. The van der Waals surface area contributed by atoms with Crippen molar-refractivity contribution in [2.24, 2.45) is 11.3 Å². The maximum absolute atomic E-state index is 5.65. The SMILES string of the molecule is CC(C)C1(CNCC2CNCCO2)CC1. The lowest BCUT2D eigenvalue weighted by atomic mass is 9.92. The van der Waals surface area contributed by atoms with E-state index < -0.39 is 0 Å². The van der Waals surface area contributed by atoms with Crippen LogP contribution in [0.5, 0.6) is 0 Å². The molecule has 0 aromatic heterocycles. The first-order chi connectivity index (χ1) is 7.23. The molecule has 0 spiro atoms. The quantitative estimate of drug-likeness (QED) is 0.713. The van der Waals surface area contributed by atoms with Crippen molar-refractivity contribution >= 4 is 0 Å². The third-order valence-corrected chi connectivity index (χ3v) is 3.97. The van der Waals surface area contributed by atoms with Crippen LogP contribution in [0.3, 0.4) is 0 Å². The smallest absolute Gasteiger partial charge is 0.0824 e. The van der Waals surface area contributed by atoms with Gasteiger partial charge in [0.2, 0.25) is 0 Å². The van der Waals surface area contributed by atoms with E-state index in [1.807, 2.05) is 0 Å². The van der Waals surface area contributed by atoms with E-state index in [2.05, 4.69) is 24.5 Å². The van der Waals surface area contributed by atoms with E-state index in [4.69, 9.17) is 4.74 Å². The molecule has 1 saturated carbocycles. The second kappa shape index (κ2) is 4.81. The van der Waals surface area contributed by atoms with Gasteiger partial charge in [0, 0.05) is 26.2 Å². The van der Waals surface area contributed by atoms with Gasteiger partial charge in [-0.3, -0.25) is 0 Å². The van der Waals surface area contributed by atoms with Crippen molar-refractivity contribution < 1.29 is 4.74 Å². The van der Waals surface area contributed by atoms with Crippen LogP contribution in [-0.2, 0) is 4.74 Å². The molecule has 2 rings (SSSR count). The molecule has 1 saturated heterocycles. The fourth-order valence-electron chi connectivity index (χ4n) is 2.35. The maximum atomic E-state index is 5.65. The highest BCUT2D eigenvalue weighted by atomic mass is 16.5. The average molecular weight is 212 g/mol. The van der Waals surface area contributed by atoms with Gasteiger partial charge in [0.25, 0.3) is 0 Å². The minimum atomic E-state index is 0.377. The largest absolute Gasteiger partial charge is 0.374 e. The molecule has 0 radical (unpaired) electrons. The number of ether oxygens (including phenoxy) is 1. The van der Waals surface area contributed by atoms with Gasteiger partial charge in [-0.15, -0.1) is 0 Å². The van der Waals surface area contributed by atoms with E-state index in [0.29, 0.717) is 11.5 Å². The summed E-state index contributed by atoms with van der Waals surface area (Å²) in [6.07, 6.45) is 3.18. The highest BCUT2D eigenvalue weighted by Crippen LogP contribution is 2.51. The summed E-state index contributed by atoms with van der Waals surface area (Å²) >= 11 is 0. The lowest BCUT2D eigenvalue weighted by molar-refractivity contribution is 0.0282. The summed E-state index contributed by atoms with van der Waals surface area (Å²) < 4.78 is 5.65. The first kappa shape index (κ1) is 11.4. The van der Waals surface area contributed by atoms with Gasteiger partial charge in [-0.05, 0) is 24.2 Å². The first-order valence-corrected chi connectivity index (χ1v) is 6.26. The molecule has 3 heteroatoms. The monoisotopic (exact) mass is 212 g/mol. The van der Waals surface area contributed by atoms with Crippen LogP contribution in [0.2, 0.25) is 0 Å². The molecule has 2 aliphatic rings. The van der Waals surface area contributed by atoms with Crippen LogP contribution in [-0.4, -0.2) is 38.9 Å². The highest BCUT2D eigenvalue weighted by Gasteiger charge is 2.44. The Morgan fingerprint density at radius 2 is 2.27 bits per heavy atom. The van der Waals surface area contributed by atoms with Gasteiger partial charge in [0.15, 0.2) is 0 Å². The van der Waals surface area contributed by atoms with Crippen molar-refractivity contribution in [1.82, 2.24) is 10.6 Å². The maximum Gasteiger partial charge on any atom is 0.0824 e. The van der Waals surface area contributed by atoms with Crippen LogP contribution in [0.4, 0.5) is 0 Å². The molecule has 0 aromatic carbocycles. The van der Waals surface area contributed by atoms with Crippen LogP contribution in [0.1, 0.15) is 26.7 Å². The Hall–Kier alpha value is -0.120. The third-order valence-electron chi connectivity index (χ3n) is 3.97. The van der Waals surface area contributed by atoms with E-state index in [0.717, 1.165) is 32.2 Å². The predicted octanol–water partition coefficient (Wildman–Crippen LogP) is 1.00. The summed E-state index contributed by atoms with van der Waals surface area (Å²) in [5.74, 6) is 0.815. The average Bonchev–Trinajstić information content (AvgIpc) is 3.01. The van der Waals surface area contributed by atoms with Gasteiger partial charge < -0.3 is 15.4 Å². The normalized spacial score (nSPS) is 29.4. The molecule has 3 nitrogen and oxygen atoms in total. The minimum Gasteiger partial charge on any atom is -0.374 e. The zero-order valence-corrected chi connectivity index (χ0v) is 10.0. The van der Waals surface area contributed by atoms with Gasteiger partial charge >= 0.3 is 0 Å². The molecule has 88 valence electrons. The summed E-state index contributed by atoms with van der Waals surface area (Å²) in [4.78, 5) is 0. The molecule has 1 atom stereocenters. The second-order valence-corrected chi connectivity index (χ2v) is 5.34. The Morgan fingerprint density at radius 1 is 1.47 bits per heavy atom. The molecule has 1 aliphatic heterocycles. The molecule has 0 aromatic rings.